The summed E-state index contributed by atoms with van der Waals surface area (Å²) in [5.74, 6) is -0.249. The molecule has 4 rings (SSSR count). The van der Waals surface area contributed by atoms with Gasteiger partial charge < -0.3 is 8.94 Å². The summed E-state index contributed by atoms with van der Waals surface area (Å²) in [7, 11) is -3.82. The summed E-state index contributed by atoms with van der Waals surface area (Å²) in [4.78, 5) is 12.6. The molecule has 1 amide bonds. The molecule has 1 atom stereocenters. The Bertz CT molecular complexity index is 1060. The number of nitrogens with one attached hydrogen (secondary N) is 1. The minimum Gasteiger partial charge on any atom is -0.400 e. The van der Waals surface area contributed by atoms with Gasteiger partial charge in [-0.15, -0.1) is 16.4 Å². The van der Waals surface area contributed by atoms with Gasteiger partial charge in [0.1, 0.15) is 10.3 Å². The van der Waals surface area contributed by atoms with Crippen molar-refractivity contribution >= 4 is 44.9 Å². The molecule has 27 heavy (non-hydrogen) atoms. The first-order valence-corrected chi connectivity index (χ1v) is 10.4. The first kappa shape index (κ1) is 18.1. The predicted octanol–water partition coefficient (Wildman–Crippen LogP) is 2.23. The van der Waals surface area contributed by atoms with E-state index in [4.69, 9.17) is 20.5 Å². The van der Waals surface area contributed by atoms with E-state index in [0.717, 1.165) is 15.6 Å². The lowest BCUT2D eigenvalue weighted by Gasteiger charge is -2.21. The smallest absolute Gasteiger partial charge is 0.322 e. The average Bonchev–Trinajstić information content (AvgIpc) is 3.40. The van der Waals surface area contributed by atoms with Crippen molar-refractivity contribution in [1.82, 2.24) is 19.7 Å². The van der Waals surface area contributed by atoms with Gasteiger partial charge in [-0.3, -0.25) is 10.1 Å². The number of carbonyl (C=O) groups excluding carboxylic acids is 1. The van der Waals surface area contributed by atoms with Gasteiger partial charge in [0.05, 0.1) is 10.5 Å². The van der Waals surface area contributed by atoms with Crippen LogP contribution >= 0.6 is 22.9 Å². The van der Waals surface area contributed by atoms with E-state index in [9.17, 15) is 13.2 Å². The van der Waals surface area contributed by atoms with E-state index in [1.807, 2.05) is 0 Å². The highest BCUT2D eigenvalue weighted by atomic mass is 35.5. The molecular weight excluding hydrogens is 418 g/mol. The molecule has 0 radical (unpaired) electrons. The minimum atomic E-state index is -3.82. The maximum absolute atomic E-state index is 12.8. The zero-order chi connectivity index (χ0) is 19.0. The number of hydrogen-bond acceptors (Lipinski definition) is 9. The van der Waals surface area contributed by atoms with Gasteiger partial charge in [0, 0.05) is 12.6 Å². The molecule has 1 saturated heterocycles. The van der Waals surface area contributed by atoms with Gasteiger partial charge in [0.2, 0.25) is 11.7 Å². The largest absolute Gasteiger partial charge is 0.400 e. The maximum atomic E-state index is 12.8. The second-order valence-electron chi connectivity index (χ2n) is 5.61. The number of rotatable bonds is 5. The topological polar surface area (TPSA) is 131 Å². The lowest BCUT2D eigenvalue weighted by molar-refractivity contribution is -0.119. The molecule has 142 valence electrons. The molecule has 13 heteroatoms. The molecular formula is C14H12ClN5O5S2. The molecule has 1 aliphatic rings. The Hall–Kier alpha value is -2.28. The third kappa shape index (κ3) is 3.48. The summed E-state index contributed by atoms with van der Waals surface area (Å²) in [6.07, 6.45) is 2.35. The number of anilines is 1. The van der Waals surface area contributed by atoms with Crippen LogP contribution in [0.5, 0.6) is 0 Å². The fourth-order valence-electron chi connectivity index (χ4n) is 2.73. The molecule has 0 saturated carbocycles. The fourth-order valence-corrected chi connectivity index (χ4v) is 6.00. The summed E-state index contributed by atoms with van der Waals surface area (Å²) in [6, 6.07) is 3.42. The van der Waals surface area contributed by atoms with Crippen molar-refractivity contribution in [2.24, 2.45) is 0 Å². The van der Waals surface area contributed by atoms with E-state index in [1.54, 1.807) is 0 Å². The molecule has 0 unspecified atom stereocenters. The molecule has 0 aliphatic carbocycles. The molecule has 3 aromatic heterocycles. The third-order valence-corrected chi connectivity index (χ3v) is 7.53. The minimum absolute atomic E-state index is 0.0481. The van der Waals surface area contributed by atoms with E-state index in [2.05, 4.69) is 20.7 Å². The van der Waals surface area contributed by atoms with Gasteiger partial charge in [-0.1, -0.05) is 21.9 Å². The summed E-state index contributed by atoms with van der Waals surface area (Å²) in [6.45, 7) is 0.239. The van der Waals surface area contributed by atoms with Crippen LogP contribution in [-0.4, -0.2) is 46.6 Å². The molecule has 4 heterocycles. The number of thiophene rings is 1. The predicted molar refractivity (Wildman–Crippen MR) is 94.7 cm³/mol. The summed E-state index contributed by atoms with van der Waals surface area (Å²) >= 11 is 6.79. The van der Waals surface area contributed by atoms with Crippen LogP contribution in [0.25, 0.3) is 11.7 Å². The van der Waals surface area contributed by atoms with Crippen molar-refractivity contribution in [3.8, 4) is 11.7 Å². The highest BCUT2D eigenvalue weighted by molar-refractivity contribution is 7.91. The highest BCUT2D eigenvalue weighted by Crippen LogP contribution is 2.32. The number of nitrogens with zero attached hydrogens (tertiary/aromatic N) is 4. The summed E-state index contributed by atoms with van der Waals surface area (Å²) in [5, 5.41) is 13.4. The lowest BCUT2D eigenvalue weighted by Crippen LogP contribution is -2.42. The quantitative estimate of drug-likeness (QED) is 0.653. The average molecular weight is 430 g/mol. The first-order valence-electron chi connectivity index (χ1n) is 7.78. The van der Waals surface area contributed by atoms with Crippen molar-refractivity contribution in [3.63, 3.8) is 0 Å². The summed E-state index contributed by atoms with van der Waals surface area (Å²) in [5.41, 5.74) is 0. The van der Waals surface area contributed by atoms with Crippen LogP contribution in [0.2, 0.25) is 4.34 Å². The SMILES string of the molecule is O=C(Nc1nnc(-c2ccno2)o1)[C@@H]1CCCN1S(=O)(=O)c1ccc(Cl)s1. The Morgan fingerprint density at radius 3 is 2.89 bits per heavy atom. The van der Waals surface area contributed by atoms with Crippen LogP contribution < -0.4 is 5.32 Å². The molecule has 1 N–H and O–H groups in total. The van der Waals surface area contributed by atoms with E-state index >= 15 is 0 Å². The van der Waals surface area contributed by atoms with Crippen LogP contribution in [0.1, 0.15) is 12.8 Å². The van der Waals surface area contributed by atoms with Gasteiger partial charge in [0.15, 0.2) is 0 Å². The zero-order valence-electron chi connectivity index (χ0n) is 13.5. The first-order chi connectivity index (χ1) is 12.9. The molecule has 1 aliphatic heterocycles. The van der Waals surface area contributed by atoms with E-state index in [1.165, 1.54) is 24.4 Å². The number of aromatic nitrogens is 3. The van der Waals surface area contributed by atoms with Crippen LogP contribution in [0.4, 0.5) is 6.01 Å². The lowest BCUT2D eigenvalue weighted by atomic mass is 10.2. The van der Waals surface area contributed by atoms with Crippen molar-refractivity contribution < 1.29 is 22.2 Å². The van der Waals surface area contributed by atoms with Gasteiger partial charge in [-0.2, -0.15) is 4.31 Å². The van der Waals surface area contributed by atoms with Crippen molar-refractivity contribution in [2.75, 3.05) is 11.9 Å². The Kier molecular flexibility index (Phi) is 4.72. The molecule has 10 nitrogen and oxygen atoms in total. The number of carbonyl (C=O) groups is 1. The van der Waals surface area contributed by atoms with E-state index in [-0.39, 0.29) is 28.4 Å². The monoisotopic (exact) mass is 429 g/mol. The fraction of sp³-hybridized carbons (Fsp3) is 0.286. The molecule has 0 aromatic carbocycles. The van der Waals surface area contributed by atoms with Crippen LogP contribution in [0.3, 0.4) is 0 Å². The Labute approximate surface area is 162 Å². The van der Waals surface area contributed by atoms with Gasteiger partial charge in [-0.05, 0) is 25.0 Å². The van der Waals surface area contributed by atoms with Crippen molar-refractivity contribution in [1.29, 1.82) is 0 Å². The molecule has 1 fully saturated rings. The van der Waals surface area contributed by atoms with Gasteiger partial charge in [0.25, 0.3) is 15.9 Å². The summed E-state index contributed by atoms with van der Waals surface area (Å²) < 4.78 is 37.4. The second kappa shape index (κ2) is 7.03. The maximum Gasteiger partial charge on any atom is 0.322 e. The Morgan fingerprint density at radius 2 is 2.19 bits per heavy atom. The van der Waals surface area contributed by atoms with Gasteiger partial charge in [-0.25, -0.2) is 8.42 Å². The Morgan fingerprint density at radius 1 is 1.33 bits per heavy atom. The van der Waals surface area contributed by atoms with Gasteiger partial charge >= 0.3 is 6.01 Å². The van der Waals surface area contributed by atoms with Crippen LogP contribution in [-0.2, 0) is 14.8 Å². The molecule has 3 aromatic rings. The van der Waals surface area contributed by atoms with Crippen LogP contribution in [0, 0.1) is 0 Å². The van der Waals surface area contributed by atoms with Crippen molar-refractivity contribution in [3.05, 3.63) is 28.7 Å². The third-order valence-electron chi connectivity index (χ3n) is 3.92. The normalized spacial score (nSPS) is 18.0. The Balaban J connectivity index is 1.51. The number of sulfonamides is 1. The van der Waals surface area contributed by atoms with Crippen molar-refractivity contribution in [2.45, 2.75) is 23.1 Å². The molecule has 0 spiro atoms. The number of halogens is 1. The molecule has 0 bridgehead atoms. The highest BCUT2D eigenvalue weighted by Gasteiger charge is 2.40. The second-order valence-corrected chi connectivity index (χ2v) is 9.44. The number of amides is 1. The zero-order valence-corrected chi connectivity index (χ0v) is 15.9. The van der Waals surface area contributed by atoms with E-state index < -0.39 is 22.0 Å². The van der Waals surface area contributed by atoms with Crippen LogP contribution in [0.15, 0.2) is 37.5 Å². The standard InChI is InChI=1S/C14H12ClN5O5S2/c15-10-3-4-11(26-10)27(22,23)20-7-1-2-8(20)12(21)17-14-19-18-13(24-14)9-5-6-16-25-9/h3-6,8H,1-2,7H2,(H,17,19,21)/t8-/m0/s1. The number of hydrogen-bond donors (Lipinski definition) is 1. The van der Waals surface area contributed by atoms with E-state index in [0.29, 0.717) is 17.2 Å².